The Hall–Kier alpha value is -2.51. The molecule has 0 spiro atoms. The van der Waals surface area contributed by atoms with E-state index in [9.17, 15) is 9.59 Å². The first kappa shape index (κ1) is 26.1. The first-order valence-corrected chi connectivity index (χ1v) is 12.8. The van der Waals surface area contributed by atoms with E-state index in [2.05, 4.69) is 17.2 Å². The van der Waals surface area contributed by atoms with Gasteiger partial charge in [0.2, 0.25) is 0 Å². The van der Waals surface area contributed by atoms with E-state index < -0.39 is 11.7 Å². The zero-order chi connectivity index (χ0) is 24.9. The van der Waals surface area contributed by atoms with E-state index in [1.54, 1.807) is 17.0 Å². The van der Waals surface area contributed by atoms with Crippen LogP contribution in [-0.2, 0) is 4.74 Å². The van der Waals surface area contributed by atoms with E-state index in [-0.39, 0.29) is 16.7 Å². The molecule has 0 bridgehead atoms. The lowest BCUT2D eigenvalue weighted by molar-refractivity contribution is 0.0580. The number of ether oxygens (including phenoxy) is 1. The number of hydrogen-bond donors (Lipinski definition) is 1. The van der Waals surface area contributed by atoms with Gasteiger partial charge >= 0.3 is 6.09 Å². The molecule has 2 atom stereocenters. The molecule has 0 aromatic heterocycles. The van der Waals surface area contributed by atoms with Gasteiger partial charge in [-0.2, -0.15) is 0 Å². The molecule has 2 aromatic rings. The Balaban J connectivity index is 1.99. The van der Waals surface area contributed by atoms with E-state index in [0.717, 1.165) is 24.0 Å². The quantitative estimate of drug-likeness (QED) is 0.448. The van der Waals surface area contributed by atoms with Gasteiger partial charge < -0.3 is 10.1 Å². The molecule has 2 unspecified atom stereocenters. The fraction of sp³-hybridized carbons (Fsp3) is 0.423. The number of carbonyl (C=O) groups is 2. The molecule has 1 aliphatic heterocycles. The van der Waals surface area contributed by atoms with Crippen LogP contribution >= 0.6 is 23.4 Å². The maximum absolute atomic E-state index is 13.2. The number of amidine groups is 1. The summed E-state index contributed by atoms with van der Waals surface area (Å²) < 4.78 is 5.46. The molecule has 2 aromatic carbocycles. The van der Waals surface area contributed by atoms with Crippen LogP contribution in [0.4, 0.5) is 10.5 Å². The minimum absolute atomic E-state index is 0.0705. The highest BCUT2D eigenvalue weighted by atomic mass is 35.5. The van der Waals surface area contributed by atoms with Crippen molar-refractivity contribution in [2.75, 3.05) is 11.4 Å². The van der Waals surface area contributed by atoms with E-state index in [1.165, 1.54) is 11.8 Å². The number of aliphatic imine (C=N–C) groups is 1. The van der Waals surface area contributed by atoms with Gasteiger partial charge in [-0.15, -0.1) is 11.6 Å². The van der Waals surface area contributed by atoms with Gasteiger partial charge in [-0.05, 0) is 63.4 Å². The highest BCUT2D eigenvalue weighted by Gasteiger charge is 2.28. The van der Waals surface area contributed by atoms with Crippen LogP contribution in [0.5, 0.6) is 0 Å². The normalized spacial score (nSPS) is 17.8. The predicted molar refractivity (Wildman–Crippen MR) is 142 cm³/mol. The third-order valence-corrected chi connectivity index (χ3v) is 6.82. The van der Waals surface area contributed by atoms with Gasteiger partial charge in [-0.25, -0.2) is 4.79 Å². The molecule has 0 radical (unpaired) electrons. The van der Waals surface area contributed by atoms with Gasteiger partial charge in [0.1, 0.15) is 10.3 Å². The molecule has 2 amide bonds. The highest BCUT2D eigenvalue weighted by Crippen LogP contribution is 2.32. The van der Waals surface area contributed by atoms with Crippen LogP contribution in [0.2, 0.25) is 0 Å². The van der Waals surface area contributed by atoms with Crippen molar-refractivity contribution in [2.45, 2.75) is 63.8 Å². The number of anilines is 1. The molecule has 1 heterocycles. The Morgan fingerprint density at radius 1 is 1.18 bits per heavy atom. The summed E-state index contributed by atoms with van der Waals surface area (Å²) in [6.07, 6.45) is 1.36. The van der Waals surface area contributed by atoms with Crippen LogP contribution in [0, 0.1) is 0 Å². The summed E-state index contributed by atoms with van der Waals surface area (Å²) in [7, 11) is 0. The Bertz CT molecular complexity index is 1050. The molecule has 0 fully saturated rings. The molecular weight excluding hydrogens is 470 g/mol. The summed E-state index contributed by atoms with van der Waals surface area (Å²) in [6.45, 7) is 10.1. The number of hydrogen-bond acceptors (Lipinski definition) is 5. The van der Waals surface area contributed by atoms with Crippen molar-refractivity contribution in [2.24, 2.45) is 4.99 Å². The first-order valence-electron chi connectivity index (χ1n) is 11.5. The molecule has 6 nitrogen and oxygen atoms in total. The number of amides is 2. The Kier molecular flexibility index (Phi) is 8.66. The molecule has 182 valence electrons. The van der Waals surface area contributed by atoms with Gasteiger partial charge in [0.05, 0.1) is 6.04 Å². The fourth-order valence-electron chi connectivity index (χ4n) is 3.42. The molecule has 0 saturated carbocycles. The largest absolute Gasteiger partial charge is 0.443 e. The van der Waals surface area contributed by atoms with E-state index in [1.807, 2.05) is 64.1 Å². The van der Waals surface area contributed by atoms with Crippen molar-refractivity contribution in [1.29, 1.82) is 0 Å². The fourth-order valence-corrected chi connectivity index (χ4v) is 4.58. The topological polar surface area (TPSA) is 71.0 Å². The lowest BCUT2D eigenvalue weighted by Crippen LogP contribution is -2.37. The number of alkyl halides is 1. The van der Waals surface area contributed by atoms with Crippen LogP contribution in [0.15, 0.2) is 53.5 Å². The second-order valence-electron chi connectivity index (χ2n) is 9.18. The maximum atomic E-state index is 13.2. The number of nitrogens with zero attached hydrogens (tertiary/aromatic N) is 2. The summed E-state index contributed by atoms with van der Waals surface area (Å²) in [5.41, 5.74) is 2.16. The van der Waals surface area contributed by atoms with E-state index >= 15 is 0 Å². The molecule has 3 rings (SSSR count). The maximum Gasteiger partial charge on any atom is 0.414 e. The van der Waals surface area contributed by atoms with Gasteiger partial charge in [0.25, 0.3) is 5.91 Å². The molecule has 0 aliphatic carbocycles. The van der Waals surface area contributed by atoms with Gasteiger partial charge in [-0.3, -0.25) is 14.7 Å². The van der Waals surface area contributed by atoms with Gasteiger partial charge in [0.15, 0.2) is 5.17 Å². The highest BCUT2D eigenvalue weighted by molar-refractivity contribution is 8.15. The summed E-state index contributed by atoms with van der Waals surface area (Å²) in [5, 5.41) is 3.40. The van der Waals surface area contributed by atoms with Crippen LogP contribution < -0.4 is 10.2 Å². The van der Waals surface area contributed by atoms with Crippen molar-refractivity contribution in [1.82, 2.24) is 5.32 Å². The average molecular weight is 502 g/mol. The monoisotopic (exact) mass is 501 g/mol. The summed E-state index contributed by atoms with van der Waals surface area (Å²) in [4.78, 5) is 32.3. The van der Waals surface area contributed by atoms with Crippen LogP contribution in [0.3, 0.4) is 0 Å². The summed E-state index contributed by atoms with van der Waals surface area (Å²) in [6, 6.07) is 15.0. The number of unbranched alkanes of at least 4 members (excludes halogenated alkanes) is 1. The molecular formula is C26H32ClN3O3S. The van der Waals surface area contributed by atoms with Crippen LogP contribution in [0.1, 0.15) is 57.8 Å². The lowest BCUT2D eigenvalue weighted by Gasteiger charge is -2.28. The van der Waals surface area contributed by atoms with E-state index in [0.29, 0.717) is 23.0 Å². The van der Waals surface area contributed by atoms with Crippen molar-refractivity contribution in [3.05, 3.63) is 54.1 Å². The smallest absolute Gasteiger partial charge is 0.414 e. The number of benzene rings is 2. The molecule has 1 aliphatic rings. The van der Waals surface area contributed by atoms with Crippen molar-refractivity contribution in [3.63, 3.8) is 0 Å². The number of carbonyl (C=O) groups excluding carboxylic acids is 2. The van der Waals surface area contributed by atoms with Gasteiger partial charge in [-0.1, -0.05) is 55.4 Å². The minimum atomic E-state index is -0.610. The molecule has 0 saturated heterocycles. The summed E-state index contributed by atoms with van der Waals surface area (Å²) in [5.74, 6) is -0.271. The van der Waals surface area contributed by atoms with Crippen molar-refractivity contribution >= 4 is 46.2 Å². The lowest BCUT2D eigenvalue weighted by atomic mass is 9.98. The van der Waals surface area contributed by atoms with Gasteiger partial charge in [0, 0.05) is 17.8 Å². The zero-order valence-electron chi connectivity index (χ0n) is 20.3. The third kappa shape index (κ3) is 6.76. The molecule has 34 heavy (non-hydrogen) atoms. The number of rotatable bonds is 6. The van der Waals surface area contributed by atoms with E-state index in [4.69, 9.17) is 16.3 Å². The van der Waals surface area contributed by atoms with Crippen LogP contribution in [-0.4, -0.2) is 40.1 Å². The van der Waals surface area contributed by atoms with Crippen molar-refractivity contribution < 1.29 is 14.3 Å². The minimum Gasteiger partial charge on any atom is -0.443 e. The third-order valence-electron chi connectivity index (χ3n) is 5.14. The Morgan fingerprint density at radius 2 is 1.88 bits per heavy atom. The standard InChI is InChI=1S/C26H32ClN3O3S/c1-6-7-15-30(25(32)33-26(3,4)5)19-13-14-20(21(16-19)18-11-9-8-10-12-18)23(31)29-24-28-17(2)22(27)34-24/h8-14,16-17,22H,6-7,15H2,1-5H3,(H,28,29,31). The number of thioether (sulfide) groups is 1. The second-order valence-corrected chi connectivity index (χ2v) is 11.0. The zero-order valence-corrected chi connectivity index (χ0v) is 21.9. The van der Waals surface area contributed by atoms with Crippen LogP contribution in [0.25, 0.3) is 11.1 Å². The SMILES string of the molecule is CCCCN(C(=O)OC(C)(C)C)c1ccc(C(=O)NC2=NC(C)C(Cl)S2)c(-c2ccccc2)c1. The molecule has 8 heteroatoms. The van der Waals surface area contributed by atoms with Crippen molar-refractivity contribution in [3.8, 4) is 11.1 Å². The summed E-state index contributed by atoms with van der Waals surface area (Å²) >= 11 is 7.57. The second kappa shape index (κ2) is 11.3. The average Bonchev–Trinajstić information content (AvgIpc) is 3.09. The Morgan fingerprint density at radius 3 is 2.47 bits per heavy atom. The number of nitrogens with one attached hydrogen (secondary N) is 1. The first-order chi connectivity index (χ1) is 16.1. The Labute approximate surface area is 211 Å². The predicted octanol–water partition coefficient (Wildman–Crippen LogP) is 6.68. The number of halogens is 1. The molecule has 1 N–H and O–H groups in total.